The molecule has 0 saturated carbocycles. The number of rotatable bonds is 48. The van der Waals surface area contributed by atoms with Crippen LogP contribution in [0.1, 0.15) is 208 Å². The number of methoxy groups -OCH3 is 4. The van der Waals surface area contributed by atoms with Gasteiger partial charge < -0.3 is 91.1 Å². The van der Waals surface area contributed by atoms with Gasteiger partial charge in [-0.15, -0.1) is 0 Å². The molecule has 10 rings (SSSR count). The quantitative estimate of drug-likeness (QED) is 0.00393. The standard InChI is InChI=1S/C55H78N6O13S2Si.C48H62N6O14S2/c1-15-38-25-35(2)32-59(38)50(62)42-28-46(69-12)48(30-44(42)58-53(65)74-54(5,6)7)71-23-18-16-17-22-70-47-29-43(57-52(64)72-24-21-37(4)75-76-49-20-19-39(31-56-49)61(66)67)41(27-45(47)68-11)51(63)60-33-36(3)26-40(60)34-73-77(13,14)55(8,9)10;1-29-18-33(27-55)52(25-29)44(57)35-20-39(63-7)41(22-37(35)50-46(59)67-17-14-31(3)69-70-43-13-12-32(24-49-43)54(61)62)65-15-10-9-11-16-66-42-23-38(51-47(60)68-48(4,5)6)36(21-40(42)64-8)45(58)53-26-30(2)19-34(53)28-56/h19-20,27-31,37-38,40H,2-3,15-18,21-26,32-34H2,1,4-14H3,(H,57,64)(H,58,65);12-13,20-24,31,33-34,55-56H,1-2,9-11,14-19,25-28H2,3-8H3,(H,50,59)(H,51,60)/t37-,38-,40+;31-,33+,34+/m11/s1. The van der Waals surface area contributed by atoms with Gasteiger partial charge in [0.15, 0.2) is 54.3 Å². The Balaban J connectivity index is 0.000000328. The Morgan fingerprint density at radius 1 is 0.442 bits per heavy atom. The van der Waals surface area contributed by atoms with Gasteiger partial charge in [-0.2, -0.15) is 0 Å². The number of carbonyl (C=O) groups is 8. The van der Waals surface area contributed by atoms with Crippen molar-refractivity contribution in [2.75, 3.05) is 135 Å². The number of anilines is 4. The summed E-state index contributed by atoms with van der Waals surface area (Å²) in [6, 6.07) is 16.9. The van der Waals surface area contributed by atoms with Gasteiger partial charge in [0, 0.05) is 79.1 Å². The van der Waals surface area contributed by atoms with E-state index in [1.54, 1.807) is 87.7 Å². The summed E-state index contributed by atoms with van der Waals surface area (Å²) < 4.78 is 76.2. The first kappa shape index (κ1) is 118. The number of pyridine rings is 2. The first-order valence-electron chi connectivity index (χ1n) is 48.5. The van der Waals surface area contributed by atoms with Crippen LogP contribution in [-0.4, -0.2) is 266 Å². The monoisotopic (exact) mass is 2130 g/mol. The minimum absolute atomic E-state index is 0.00807. The van der Waals surface area contributed by atoms with E-state index in [0.717, 1.165) is 28.7 Å². The van der Waals surface area contributed by atoms with Gasteiger partial charge in [-0.05, 0) is 201 Å². The molecule has 0 unspecified atom stereocenters. The highest BCUT2D eigenvalue weighted by Crippen LogP contribution is 2.45. The van der Waals surface area contributed by atoms with Crippen LogP contribution in [0.4, 0.5) is 53.3 Å². The molecule has 4 aliphatic rings. The third-order valence-electron chi connectivity index (χ3n) is 24.3. The van der Waals surface area contributed by atoms with Gasteiger partial charge in [-0.25, -0.2) is 29.1 Å². The van der Waals surface area contributed by atoms with Crippen molar-refractivity contribution in [3.8, 4) is 46.0 Å². The Morgan fingerprint density at radius 3 is 1.01 bits per heavy atom. The maximum Gasteiger partial charge on any atom is 0.412 e. The van der Waals surface area contributed by atoms with E-state index in [2.05, 4.69) is 91.4 Å². The van der Waals surface area contributed by atoms with Crippen LogP contribution >= 0.6 is 43.2 Å². The molecule has 6 heterocycles. The van der Waals surface area contributed by atoms with Gasteiger partial charge in [0.1, 0.15) is 33.6 Å². The van der Waals surface area contributed by atoms with E-state index in [4.69, 9.17) is 61.3 Å². The molecule has 6 atom stereocenters. The number of hydrogen-bond acceptors (Lipinski definition) is 33. The average molecular weight is 2130 g/mol. The number of ether oxygens (including phenoxy) is 12. The summed E-state index contributed by atoms with van der Waals surface area (Å²) in [6.07, 6.45) is 6.84. The molecule has 6 N–H and O–H groups in total. The Kier molecular flexibility index (Phi) is 44.4. The van der Waals surface area contributed by atoms with Crippen molar-refractivity contribution in [1.82, 2.24) is 29.6 Å². The molecule has 0 spiro atoms. The molecule has 6 aromatic rings. The van der Waals surface area contributed by atoms with Crippen LogP contribution < -0.4 is 59.2 Å². The number of nitrogens with one attached hydrogen (secondary N) is 4. The molecule has 2 aromatic heterocycles. The van der Waals surface area contributed by atoms with E-state index in [-0.39, 0.29) is 185 Å². The Morgan fingerprint density at radius 2 is 0.735 bits per heavy atom. The second kappa shape index (κ2) is 55.2. The highest BCUT2D eigenvalue weighted by atomic mass is 33.1. The zero-order valence-electron chi connectivity index (χ0n) is 87.1. The molecule has 4 saturated heterocycles. The van der Waals surface area contributed by atoms with Crippen molar-refractivity contribution in [2.24, 2.45) is 0 Å². The van der Waals surface area contributed by atoms with Gasteiger partial charge in [0.05, 0.1) is 161 Å². The van der Waals surface area contributed by atoms with E-state index in [0.29, 0.717) is 130 Å². The Hall–Kier alpha value is -12.2. The molecule has 4 aliphatic heterocycles. The number of nitro groups is 2. The van der Waals surface area contributed by atoms with Crippen LogP contribution in [0, 0.1) is 20.2 Å². The first-order chi connectivity index (χ1) is 69.6. The normalized spacial score (nSPS) is 16.2. The summed E-state index contributed by atoms with van der Waals surface area (Å²) in [6.45, 7) is 45.6. The number of aliphatic hydroxyl groups excluding tert-OH is 2. The second-order valence-electron chi connectivity index (χ2n) is 39.3. The summed E-state index contributed by atoms with van der Waals surface area (Å²) in [5.74, 6) is 0.765. The largest absolute Gasteiger partial charge is 0.493 e. The molecule has 4 fully saturated rings. The third kappa shape index (κ3) is 35.2. The van der Waals surface area contributed by atoms with Gasteiger partial charge in [-0.1, -0.05) is 112 Å². The second-order valence-corrected chi connectivity index (χ2v) is 49.4. The number of hydrogen-bond donors (Lipinski definition) is 6. The van der Waals surface area contributed by atoms with Crippen LogP contribution in [0.2, 0.25) is 18.1 Å². The molecule has 44 heteroatoms. The molecule has 0 bridgehead atoms. The fourth-order valence-electron chi connectivity index (χ4n) is 15.6. The molecule has 0 aliphatic carbocycles. The molecule has 4 aromatic carbocycles. The van der Waals surface area contributed by atoms with E-state index >= 15 is 0 Å². The number of likely N-dealkylation sites (tertiary alicyclic amines) is 4. The lowest BCUT2D eigenvalue weighted by Crippen LogP contribution is -2.46. The van der Waals surface area contributed by atoms with Crippen LogP contribution in [0.25, 0.3) is 0 Å². The van der Waals surface area contributed by atoms with Crippen LogP contribution in [0.15, 0.2) is 144 Å². The lowest BCUT2D eigenvalue weighted by atomic mass is 10.1. The summed E-state index contributed by atoms with van der Waals surface area (Å²) in [5, 5.41) is 54.1. The van der Waals surface area contributed by atoms with E-state index in [1.165, 1.54) is 130 Å². The molecule has 147 heavy (non-hydrogen) atoms. The molecule has 39 nitrogen and oxygen atoms in total. The molecular weight excluding hydrogens is 1990 g/mol. The summed E-state index contributed by atoms with van der Waals surface area (Å²) in [4.78, 5) is 145. The highest BCUT2D eigenvalue weighted by Gasteiger charge is 2.43. The van der Waals surface area contributed by atoms with Crippen LogP contribution in [0.5, 0.6) is 46.0 Å². The van der Waals surface area contributed by atoms with Gasteiger partial charge in [0.2, 0.25) is 0 Å². The highest BCUT2D eigenvalue weighted by molar-refractivity contribution is 8.77. The lowest BCUT2D eigenvalue weighted by molar-refractivity contribution is -0.385. The van der Waals surface area contributed by atoms with E-state index in [1.807, 2.05) is 20.8 Å². The van der Waals surface area contributed by atoms with Gasteiger partial charge in [-0.3, -0.25) is 60.7 Å². The number of amides is 8. The lowest BCUT2D eigenvalue weighted by Gasteiger charge is -2.38. The predicted molar refractivity (Wildman–Crippen MR) is 570 cm³/mol. The number of aromatic nitrogens is 2. The number of nitrogens with zero attached hydrogens (tertiary/aromatic N) is 8. The van der Waals surface area contributed by atoms with Gasteiger partial charge in [0.25, 0.3) is 35.0 Å². The average Bonchev–Trinajstić information content (AvgIpc) is 1.74. The van der Waals surface area contributed by atoms with Crippen molar-refractivity contribution in [3.63, 3.8) is 0 Å². The minimum atomic E-state index is -2.16. The summed E-state index contributed by atoms with van der Waals surface area (Å²) in [5.41, 5.74) is 2.92. The first-order valence-corrected chi connectivity index (χ1v) is 55.8. The Bertz CT molecular complexity index is 5660. The van der Waals surface area contributed by atoms with E-state index < -0.39 is 77.6 Å². The van der Waals surface area contributed by atoms with Crippen molar-refractivity contribution in [2.45, 2.75) is 241 Å². The maximum atomic E-state index is 14.6. The topological polar surface area (TPSA) is 470 Å². The number of unbranched alkanes of at least 4 members (excludes halogenated alkanes) is 4. The molecule has 0 radical (unpaired) electrons. The zero-order chi connectivity index (χ0) is 108. The SMILES string of the molecule is C=C1C[C@@H](CO)N(C(=O)c2cc(OC)c(OCCCCCOc3cc(NC(=O)OC(C)(C)C)c(C(=O)N4CC(=C)C[C@H]4CO)cc3OC)cc2NC(=O)OCC[C@@H](C)SSc2ccc([N+](=O)[O-])cn2)C1.C=C1C[C@@H](CO[Si](C)(C)C(C)(C)C)N(C(=O)c2cc(OC)c(OCCCCCOc3cc(NC(=O)OC(C)(C)C)c(C(=O)N4CC(=C)C[C@H]4CC)cc3OC)cc2NC(=O)OCC[C@@H](C)SSc2ccc([N+](=O)[O-])cn2)C1. The number of carbonyl (C=O) groups excluding carboxylic acids is 8. The summed E-state index contributed by atoms with van der Waals surface area (Å²) in [7, 11) is 9.34. The van der Waals surface area contributed by atoms with Crippen LogP contribution in [-0.2, 0) is 23.4 Å². The number of aliphatic hydroxyl groups is 2. The third-order valence-corrected chi connectivity index (χ3v) is 34.5. The smallest absolute Gasteiger partial charge is 0.412 e. The molecule has 802 valence electrons. The summed E-state index contributed by atoms with van der Waals surface area (Å²) >= 11 is 0. The fraction of sp³-hybridized carbons (Fsp3) is 0.515. The predicted octanol–water partition coefficient (Wildman–Crippen LogP) is 21.0. The molecule has 8 amide bonds. The Labute approximate surface area is 875 Å². The fourth-order valence-corrected chi connectivity index (χ4v) is 20.7. The minimum Gasteiger partial charge on any atom is -0.493 e. The van der Waals surface area contributed by atoms with Crippen LogP contribution in [0.3, 0.4) is 0 Å². The van der Waals surface area contributed by atoms with E-state index in [9.17, 15) is 68.8 Å². The van der Waals surface area contributed by atoms with Crippen molar-refractivity contribution in [3.05, 3.63) is 176 Å². The maximum absolute atomic E-state index is 14.6. The number of benzene rings is 4. The molecular formula is C103H140N12O27S4Si. The van der Waals surface area contributed by atoms with Crippen molar-refractivity contribution >= 4 is 134 Å². The van der Waals surface area contributed by atoms with Crippen molar-refractivity contribution < 1.29 is 120 Å². The van der Waals surface area contributed by atoms with Gasteiger partial charge >= 0.3 is 24.4 Å². The van der Waals surface area contributed by atoms with Crippen molar-refractivity contribution in [1.29, 1.82) is 0 Å². The zero-order valence-corrected chi connectivity index (χ0v) is 91.3.